The van der Waals surface area contributed by atoms with Crippen molar-refractivity contribution in [2.75, 3.05) is 18.5 Å². The SMILES string of the molecule is OCCNc1ccc2nc[nH]c2c1. The lowest BCUT2D eigenvalue weighted by atomic mass is 10.3. The highest BCUT2D eigenvalue weighted by Gasteiger charge is 1.96. The molecule has 0 atom stereocenters. The molecule has 68 valence electrons. The molecule has 0 aliphatic rings. The minimum Gasteiger partial charge on any atom is -0.395 e. The van der Waals surface area contributed by atoms with Crippen LogP contribution in [-0.2, 0) is 0 Å². The average molecular weight is 177 g/mol. The van der Waals surface area contributed by atoms with Crippen molar-refractivity contribution in [1.29, 1.82) is 0 Å². The van der Waals surface area contributed by atoms with Crippen LogP contribution in [0.5, 0.6) is 0 Å². The maximum atomic E-state index is 8.62. The number of H-pyrrole nitrogens is 1. The molecule has 0 aliphatic carbocycles. The number of nitrogens with zero attached hydrogens (tertiary/aromatic N) is 1. The van der Waals surface area contributed by atoms with Gasteiger partial charge in [0.25, 0.3) is 0 Å². The van der Waals surface area contributed by atoms with Crippen LogP contribution in [0.3, 0.4) is 0 Å². The first-order valence-corrected chi connectivity index (χ1v) is 4.18. The largest absolute Gasteiger partial charge is 0.395 e. The summed E-state index contributed by atoms with van der Waals surface area (Å²) in [6.07, 6.45) is 1.67. The molecule has 0 amide bonds. The first-order valence-electron chi connectivity index (χ1n) is 4.18. The Labute approximate surface area is 75.6 Å². The van der Waals surface area contributed by atoms with E-state index in [1.807, 2.05) is 18.2 Å². The number of hydrogen-bond acceptors (Lipinski definition) is 3. The first-order chi connectivity index (χ1) is 6.40. The van der Waals surface area contributed by atoms with Gasteiger partial charge in [-0.05, 0) is 18.2 Å². The van der Waals surface area contributed by atoms with Gasteiger partial charge in [0.2, 0.25) is 0 Å². The molecule has 3 N–H and O–H groups in total. The lowest BCUT2D eigenvalue weighted by Crippen LogP contribution is -2.04. The number of nitrogens with one attached hydrogen (secondary N) is 2. The van der Waals surface area contributed by atoms with Crippen LogP contribution in [0.15, 0.2) is 24.5 Å². The van der Waals surface area contributed by atoms with Gasteiger partial charge in [-0.25, -0.2) is 4.98 Å². The molecule has 0 aliphatic heterocycles. The van der Waals surface area contributed by atoms with E-state index in [2.05, 4.69) is 15.3 Å². The lowest BCUT2D eigenvalue weighted by molar-refractivity contribution is 0.311. The van der Waals surface area contributed by atoms with Crippen LogP contribution in [0.1, 0.15) is 0 Å². The number of aromatic nitrogens is 2. The van der Waals surface area contributed by atoms with Gasteiger partial charge in [-0.2, -0.15) is 0 Å². The van der Waals surface area contributed by atoms with Crippen molar-refractivity contribution in [2.24, 2.45) is 0 Å². The number of aromatic amines is 1. The van der Waals surface area contributed by atoms with Gasteiger partial charge in [0.1, 0.15) is 0 Å². The van der Waals surface area contributed by atoms with Crippen molar-refractivity contribution in [2.45, 2.75) is 0 Å². The monoisotopic (exact) mass is 177 g/mol. The smallest absolute Gasteiger partial charge is 0.0931 e. The van der Waals surface area contributed by atoms with Crippen molar-refractivity contribution in [3.8, 4) is 0 Å². The Kier molecular flexibility index (Phi) is 2.14. The quantitative estimate of drug-likeness (QED) is 0.654. The van der Waals surface area contributed by atoms with Gasteiger partial charge >= 0.3 is 0 Å². The Morgan fingerprint density at radius 2 is 2.38 bits per heavy atom. The van der Waals surface area contributed by atoms with Crippen molar-refractivity contribution in [1.82, 2.24) is 9.97 Å². The Balaban J connectivity index is 2.26. The molecule has 0 radical (unpaired) electrons. The van der Waals surface area contributed by atoms with Crippen LogP contribution in [0.4, 0.5) is 5.69 Å². The highest BCUT2D eigenvalue weighted by atomic mass is 16.3. The molecule has 1 heterocycles. The summed E-state index contributed by atoms with van der Waals surface area (Å²) in [5.74, 6) is 0. The van der Waals surface area contributed by atoms with Gasteiger partial charge in [-0.1, -0.05) is 0 Å². The predicted molar refractivity (Wildman–Crippen MR) is 51.7 cm³/mol. The van der Waals surface area contributed by atoms with Crippen molar-refractivity contribution >= 4 is 16.7 Å². The third-order valence-corrected chi connectivity index (χ3v) is 1.86. The third-order valence-electron chi connectivity index (χ3n) is 1.86. The minimum absolute atomic E-state index is 0.140. The number of hydrogen-bond donors (Lipinski definition) is 3. The highest BCUT2D eigenvalue weighted by molar-refractivity contribution is 5.78. The van der Waals surface area contributed by atoms with Gasteiger partial charge in [0.15, 0.2) is 0 Å². The molecule has 13 heavy (non-hydrogen) atoms. The van der Waals surface area contributed by atoms with E-state index in [1.165, 1.54) is 0 Å². The van der Waals surface area contributed by atoms with Gasteiger partial charge < -0.3 is 15.4 Å². The van der Waals surface area contributed by atoms with Crippen molar-refractivity contribution in [3.05, 3.63) is 24.5 Å². The van der Waals surface area contributed by atoms with E-state index in [4.69, 9.17) is 5.11 Å². The standard InChI is InChI=1S/C9H11N3O/c13-4-3-10-7-1-2-8-9(5-7)12-6-11-8/h1-2,5-6,10,13H,3-4H2,(H,11,12). The molecule has 0 fully saturated rings. The minimum atomic E-state index is 0.140. The van der Waals surface area contributed by atoms with E-state index in [-0.39, 0.29) is 6.61 Å². The number of aliphatic hydroxyl groups excluding tert-OH is 1. The zero-order valence-corrected chi connectivity index (χ0v) is 7.12. The summed E-state index contributed by atoms with van der Waals surface area (Å²) in [5, 5.41) is 11.7. The summed E-state index contributed by atoms with van der Waals surface area (Å²) in [5.41, 5.74) is 2.95. The Hall–Kier alpha value is -1.55. The Bertz CT molecular complexity index is 396. The Morgan fingerprint density at radius 3 is 3.23 bits per heavy atom. The maximum absolute atomic E-state index is 8.62. The predicted octanol–water partition coefficient (Wildman–Crippen LogP) is 0.967. The van der Waals surface area contributed by atoms with Gasteiger partial charge in [0.05, 0.1) is 24.0 Å². The second-order valence-corrected chi connectivity index (χ2v) is 2.78. The third kappa shape index (κ3) is 1.62. The summed E-state index contributed by atoms with van der Waals surface area (Å²) in [6, 6.07) is 5.85. The van der Waals surface area contributed by atoms with Crippen LogP contribution in [0.25, 0.3) is 11.0 Å². The summed E-state index contributed by atoms with van der Waals surface area (Å²) in [4.78, 5) is 7.13. The van der Waals surface area contributed by atoms with Gasteiger partial charge in [0, 0.05) is 12.2 Å². The summed E-state index contributed by atoms with van der Waals surface area (Å²) >= 11 is 0. The van der Waals surface area contributed by atoms with Crippen LogP contribution >= 0.6 is 0 Å². The van der Waals surface area contributed by atoms with Gasteiger partial charge in [-0.3, -0.25) is 0 Å². The number of rotatable bonds is 3. The van der Waals surface area contributed by atoms with Crippen LogP contribution in [0.2, 0.25) is 0 Å². The van der Waals surface area contributed by atoms with Crippen LogP contribution < -0.4 is 5.32 Å². The molecule has 2 rings (SSSR count). The number of benzene rings is 1. The lowest BCUT2D eigenvalue weighted by Gasteiger charge is -2.02. The van der Waals surface area contributed by atoms with E-state index in [0.717, 1.165) is 16.7 Å². The molecule has 0 saturated carbocycles. The molecule has 0 bridgehead atoms. The van der Waals surface area contributed by atoms with E-state index in [1.54, 1.807) is 6.33 Å². The van der Waals surface area contributed by atoms with Gasteiger partial charge in [-0.15, -0.1) is 0 Å². The van der Waals surface area contributed by atoms with Crippen LogP contribution in [0, 0.1) is 0 Å². The Morgan fingerprint density at radius 1 is 1.46 bits per heavy atom. The fraction of sp³-hybridized carbons (Fsp3) is 0.222. The molecule has 4 nitrogen and oxygen atoms in total. The van der Waals surface area contributed by atoms with Crippen molar-refractivity contribution in [3.63, 3.8) is 0 Å². The van der Waals surface area contributed by atoms with E-state index < -0.39 is 0 Å². The van der Waals surface area contributed by atoms with E-state index in [9.17, 15) is 0 Å². The molecule has 0 spiro atoms. The fourth-order valence-corrected chi connectivity index (χ4v) is 1.25. The molecule has 0 saturated heterocycles. The highest BCUT2D eigenvalue weighted by Crippen LogP contribution is 2.14. The molecule has 1 aromatic carbocycles. The topological polar surface area (TPSA) is 60.9 Å². The molecule has 1 aromatic heterocycles. The zero-order valence-electron chi connectivity index (χ0n) is 7.12. The van der Waals surface area contributed by atoms with Crippen LogP contribution in [-0.4, -0.2) is 28.2 Å². The molecule has 0 unspecified atom stereocenters. The normalized spacial score (nSPS) is 10.5. The van der Waals surface area contributed by atoms with E-state index >= 15 is 0 Å². The number of anilines is 1. The zero-order chi connectivity index (χ0) is 9.10. The number of fused-ring (bicyclic) bond motifs is 1. The molecule has 2 aromatic rings. The van der Waals surface area contributed by atoms with Crippen molar-refractivity contribution < 1.29 is 5.11 Å². The summed E-state index contributed by atoms with van der Waals surface area (Å²) in [6.45, 7) is 0.709. The first kappa shape index (κ1) is 8.07. The summed E-state index contributed by atoms with van der Waals surface area (Å²) < 4.78 is 0. The number of aliphatic hydroxyl groups is 1. The maximum Gasteiger partial charge on any atom is 0.0931 e. The van der Waals surface area contributed by atoms with E-state index in [0.29, 0.717) is 6.54 Å². The average Bonchev–Trinajstić information content (AvgIpc) is 2.61. The second kappa shape index (κ2) is 3.45. The molecular weight excluding hydrogens is 166 g/mol. The second-order valence-electron chi connectivity index (χ2n) is 2.78. The number of imidazole rings is 1. The fourth-order valence-electron chi connectivity index (χ4n) is 1.25. The summed E-state index contributed by atoms with van der Waals surface area (Å²) in [7, 11) is 0. The molecule has 4 heteroatoms. The molecular formula is C9H11N3O.